The fourth-order valence-corrected chi connectivity index (χ4v) is 6.20. The van der Waals surface area contributed by atoms with Gasteiger partial charge in [0.15, 0.2) is 5.79 Å². The number of nitrogens with zero attached hydrogens (tertiary/aromatic N) is 1. The van der Waals surface area contributed by atoms with Crippen molar-refractivity contribution in [2.24, 2.45) is 0 Å². The van der Waals surface area contributed by atoms with Crippen molar-refractivity contribution in [1.82, 2.24) is 4.57 Å². The summed E-state index contributed by atoms with van der Waals surface area (Å²) in [6, 6.07) is 25.5. The molecule has 0 bridgehead atoms. The third kappa shape index (κ3) is 7.09. The van der Waals surface area contributed by atoms with Crippen molar-refractivity contribution in [3.63, 3.8) is 0 Å². The Morgan fingerprint density at radius 3 is 2.16 bits per heavy atom. The summed E-state index contributed by atoms with van der Waals surface area (Å²) >= 11 is 0. The van der Waals surface area contributed by atoms with Crippen LogP contribution >= 0.6 is 0 Å². The van der Waals surface area contributed by atoms with E-state index in [-0.39, 0.29) is 30.2 Å². The maximum Gasteiger partial charge on any atom is 0.305 e. The lowest BCUT2D eigenvalue weighted by Gasteiger charge is -2.40. The number of halogens is 1. The van der Waals surface area contributed by atoms with Gasteiger partial charge in [-0.15, -0.1) is 0 Å². The number of carboxylic acid groups (broad SMARTS) is 1. The van der Waals surface area contributed by atoms with Gasteiger partial charge < -0.3 is 24.5 Å². The van der Waals surface area contributed by atoms with Gasteiger partial charge in [0.05, 0.1) is 29.9 Å². The normalized spacial score (nSPS) is 17.9. The molecule has 0 radical (unpaired) electrons. The number of carbonyl (C=O) groups is 2. The zero-order valence-electron chi connectivity index (χ0n) is 25.5. The second-order valence-electron chi connectivity index (χ2n) is 12.0. The molecule has 3 aromatic carbocycles. The highest BCUT2D eigenvalue weighted by Gasteiger charge is 2.37. The van der Waals surface area contributed by atoms with Crippen LogP contribution in [0.15, 0.2) is 84.9 Å². The number of carbonyl (C=O) groups excluding carboxylic acids is 1. The highest BCUT2D eigenvalue weighted by atomic mass is 19.1. The summed E-state index contributed by atoms with van der Waals surface area (Å²) in [6.45, 7) is 8.20. The quantitative estimate of drug-likeness (QED) is 0.192. The molecule has 2 N–H and O–H groups in total. The fraction of sp³-hybridized carbons (Fsp3) is 0.333. The Balaban J connectivity index is 1.66. The summed E-state index contributed by atoms with van der Waals surface area (Å²) in [5.41, 5.74) is 5.33. The van der Waals surface area contributed by atoms with Crippen molar-refractivity contribution >= 4 is 17.6 Å². The van der Waals surface area contributed by atoms with Crippen molar-refractivity contribution in [3.8, 4) is 22.4 Å². The summed E-state index contributed by atoms with van der Waals surface area (Å²) in [4.78, 5) is 25.7. The van der Waals surface area contributed by atoms with Crippen molar-refractivity contribution in [2.45, 2.75) is 77.4 Å². The molecule has 7 nitrogen and oxygen atoms in total. The number of hydrogen-bond acceptors (Lipinski definition) is 4. The van der Waals surface area contributed by atoms with Crippen LogP contribution in [-0.4, -0.2) is 39.5 Å². The smallest absolute Gasteiger partial charge is 0.305 e. The number of hydrogen-bond donors (Lipinski definition) is 2. The van der Waals surface area contributed by atoms with Crippen LogP contribution in [0.4, 0.5) is 10.1 Å². The van der Waals surface area contributed by atoms with Crippen LogP contribution < -0.4 is 5.32 Å². The van der Waals surface area contributed by atoms with Crippen molar-refractivity contribution in [3.05, 3.63) is 102 Å². The molecule has 2 atom stereocenters. The number of nitrogens with one attached hydrogen (secondary N) is 1. The van der Waals surface area contributed by atoms with Gasteiger partial charge in [0, 0.05) is 29.9 Å². The van der Waals surface area contributed by atoms with E-state index in [9.17, 15) is 19.1 Å². The summed E-state index contributed by atoms with van der Waals surface area (Å²) in [5.74, 6) is -2.47. The van der Waals surface area contributed by atoms with Gasteiger partial charge in [0.1, 0.15) is 5.82 Å². The maximum atomic E-state index is 14.2. The van der Waals surface area contributed by atoms with Gasteiger partial charge in [0.2, 0.25) is 0 Å². The summed E-state index contributed by atoms with van der Waals surface area (Å²) in [7, 11) is 0. The molecule has 2 heterocycles. The molecule has 0 saturated carbocycles. The van der Waals surface area contributed by atoms with Gasteiger partial charge in [-0.1, -0.05) is 62.4 Å². The predicted octanol–water partition coefficient (Wildman–Crippen LogP) is 8.11. The Morgan fingerprint density at radius 1 is 0.932 bits per heavy atom. The van der Waals surface area contributed by atoms with Crippen LogP contribution in [0.5, 0.6) is 0 Å². The number of para-hydroxylation sites is 1. The Kier molecular flexibility index (Phi) is 9.32. The lowest BCUT2D eigenvalue weighted by atomic mass is 9.94. The van der Waals surface area contributed by atoms with E-state index in [1.807, 2.05) is 60.7 Å². The van der Waals surface area contributed by atoms with E-state index in [4.69, 9.17) is 9.47 Å². The minimum atomic E-state index is -0.934. The Bertz CT molecular complexity index is 1600. The second-order valence-corrected chi connectivity index (χ2v) is 12.0. The average molecular weight is 599 g/mol. The van der Waals surface area contributed by atoms with E-state index in [1.165, 1.54) is 12.1 Å². The van der Waals surface area contributed by atoms with Crippen LogP contribution in [-0.2, 0) is 20.8 Å². The maximum absolute atomic E-state index is 14.2. The van der Waals surface area contributed by atoms with Gasteiger partial charge in [-0.25, -0.2) is 4.39 Å². The highest BCUT2D eigenvalue weighted by Crippen LogP contribution is 2.43. The first-order chi connectivity index (χ1) is 21.0. The van der Waals surface area contributed by atoms with Gasteiger partial charge >= 0.3 is 5.97 Å². The molecule has 1 aliphatic rings. The van der Waals surface area contributed by atoms with Crippen molar-refractivity contribution in [1.29, 1.82) is 0 Å². The SMILES string of the molecule is CC(C)c1c(C(=O)Nc2ccccc2)c(-c2ccccc2)c(-c2ccc(F)cc2)n1CC[C@H]1C[C@H](CC(=O)O)OC(C)(C)O1. The summed E-state index contributed by atoms with van der Waals surface area (Å²) < 4.78 is 28.5. The molecule has 1 aliphatic heterocycles. The number of aromatic nitrogens is 1. The van der Waals surface area contributed by atoms with Crippen LogP contribution in [0.2, 0.25) is 0 Å². The molecular formula is C36H39FN2O5. The topological polar surface area (TPSA) is 89.8 Å². The second kappa shape index (κ2) is 13.2. The van der Waals surface area contributed by atoms with E-state index in [0.29, 0.717) is 30.6 Å². The molecule has 230 valence electrons. The molecule has 1 aromatic heterocycles. The lowest BCUT2D eigenvalue weighted by molar-refractivity contribution is -0.300. The Labute approximate surface area is 257 Å². The molecule has 0 aliphatic carbocycles. The number of rotatable bonds is 10. The number of benzene rings is 3. The summed E-state index contributed by atoms with van der Waals surface area (Å²) in [6.07, 6.45) is 0.145. The third-order valence-corrected chi connectivity index (χ3v) is 7.79. The zero-order valence-corrected chi connectivity index (χ0v) is 25.5. The predicted molar refractivity (Wildman–Crippen MR) is 169 cm³/mol. The zero-order chi connectivity index (χ0) is 31.4. The van der Waals surface area contributed by atoms with Crippen LogP contribution in [0, 0.1) is 5.82 Å². The number of carboxylic acids is 1. The Morgan fingerprint density at radius 2 is 1.55 bits per heavy atom. The number of ether oxygens (including phenoxy) is 2. The largest absolute Gasteiger partial charge is 0.481 e. The molecule has 0 unspecified atom stereocenters. The van der Waals surface area contributed by atoms with E-state index in [0.717, 1.165) is 28.1 Å². The van der Waals surface area contributed by atoms with Crippen LogP contribution in [0.1, 0.15) is 68.9 Å². The molecule has 5 rings (SSSR count). The molecule has 44 heavy (non-hydrogen) atoms. The molecule has 8 heteroatoms. The standard InChI is InChI=1S/C36H39FN2O5/c1-23(2)33-32(35(42)38-27-13-9-6-10-14-27)31(24-11-7-5-8-12-24)34(25-15-17-26(37)18-16-25)39(33)20-19-28-21-29(22-30(40)41)44-36(3,4)43-28/h5-18,23,28-29H,19-22H2,1-4H3,(H,38,42)(H,40,41)/t28-,29+/m0/s1. The lowest BCUT2D eigenvalue weighted by Crippen LogP contribution is -2.45. The van der Waals surface area contributed by atoms with Gasteiger partial charge in [-0.3, -0.25) is 9.59 Å². The van der Waals surface area contributed by atoms with Crippen LogP contribution in [0.25, 0.3) is 22.4 Å². The summed E-state index contributed by atoms with van der Waals surface area (Å²) in [5, 5.41) is 12.5. The number of anilines is 1. The van der Waals surface area contributed by atoms with E-state index in [2.05, 4.69) is 23.7 Å². The minimum Gasteiger partial charge on any atom is -0.481 e. The van der Waals surface area contributed by atoms with E-state index >= 15 is 0 Å². The van der Waals surface area contributed by atoms with Crippen LogP contribution in [0.3, 0.4) is 0 Å². The average Bonchev–Trinajstić information content (AvgIpc) is 3.32. The van der Waals surface area contributed by atoms with Gasteiger partial charge in [-0.2, -0.15) is 0 Å². The Hall–Kier alpha value is -4.27. The molecule has 1 fully saturated rings. The molecule has 1 amide bonds. The first-order valence-corrected chi connectivity index (χ1v) is 15.0. The minimum absolute atomic E-state index is 0.0463. The molecule has 0 spiro atoms. The van der Waals surface area contributed by atoms with Crippen molar-refractivity contribution in [2.75, 3.05) is 5.32 Å². The first-order valence-electron chi connectivity index (χ1n) is 15.0. The third-order valence-electron chi connectivity index (χ3n) is 7.79. The first kappa shape index (κ1) is 31.2. The molecular weight excluding hydrogens is 559 g/mol. The van der Waals surface area contributed by atoms with Gasteiger partial charge in [0.25, 0.3) is 5.91 Å². The van der Waals surface area contributed by atoms with Crippen molar-refractivity contribution < 1.29 is 28.6 Å². The van der Waals surface area contributed by atoms with Gasteiger partial charge in [-0.05, 0) is 73.7 Å². The van der Waals surface area contributed by atoms with E-state index < -0.39 is 17.9 Å². The molecule has 1 saturated heterocycles. The fourth-order valence-electron chi connectivity index (χ4n) is 6.20. The highest BCUT2D eigenvalue weighted by molar-refractivity contribution is 6.12. The number of amides is 1. The molecule has 4 aromatic rings. The van der Waals surface area contributed by atoms with E-state index in [1.54, 1.807) is 26.0 Å². The number of aliphatic carboxylic acids is 1. The monoisotopic (exact) mass is 598 g/mol.